The topological polar surface area (TPSA) is 117 Å². The Hall–Kier alpha value is -3.36. The fraction of sp³-hybridized carbons (Fsp3) is 0.478. The average molecular weight is 445 g/mol. The summed E-state index contributed by atoms with van der Waals surface area (Å²) in [6.07, 6.45) is 4.14. The smallest absolute Gasteiger partial charge is 0.407 e. The summed E-state index contributed by atoms with van der Waals surface area (Å²) < 4.78 is 20.4. The third-order valence-electron chi connectivity index (χ3n) is 5.42. The zero-order chi connectivity index (χ0) is 23.1. The molecule has 1 aliphatic heterocycles. The van der Waals surface area contributed by atoms with E-state index in [1.165, 1.54) is 13.2 Å². The van der Waals surface area contributed by atoms with Gasteiger partial charge >= 0.3 is 24.0 Å². The first-order chi connectivity index (χ1) is 15.4. The van der Waals surface area contributed by atoms with Gasteiger partial charge in [0, 0.05) is 19.3 Å². The van der Waals surface area contributed by atoms with Crippen molar-refractivity contribution in [3.05, 3.63) is 47.0 Å². The third-order valence-corrected chi connectivity index (χ3v) is 5.42. The molecular formula is C23H27NO8. The number of ether oxygens (including phenoxy) is 4. The Bertz CT molecular complexity index is 877. The van der Waals surface area contributed by atoms with E-state index < -0.39 is 35.8 Å². The lowest BCUT2D eigenvalue weighted by atomic mass is 10.0. The van der Waals surface area contributed by atoms with Crippen molar-refractivity contribution < 1.29 is 38.1 Å². The summed E-state index contributed by atoms with van der Waals surface area (Å²) in [6, 6.07) is 6.32. The fourth-order valence-corrected chi connectivity index (χ4v) is 3.75. The second-order valence-corrected chi connectivity index (χ2v) is 7.68. The second-order valence-electron chi connectivity index (χ2n) is 7.68. The van der Waals surface area contributed by atoms with Crippen molar-refractivity contribution in [3.8, 4) is 0 Å². The summed E-state index contributed by atoms with van der Waals surface area (Å²) in [5.41, 5.74) is 1.53. The van der Waals surface area contributed by atoms with E-state index in [-0.39, 0.29) is 18.6 Å². The Morgan fingerprint density at radius 1 is 1.09 bits per heavy atom. The molecule has 32 heavy (non-hydrogen) atoms. The normalized spacial score (nSPS) is 17.9. The fourth-order valence-electron chi connectivity index (χ4n) is 3.75. The highest BCUT2D eigenvalue weighted by atomic mass is 16.7. The molecule has 1 spiro atoms. The Labute approximate surface area is 186 Å². The molecule has 1 aliphatic carbocycles. The Morgan fingerprint density at radius 3 is 2.25 bits per heavy atom. The molecule has 9 nitrogen and oxygen atoms in total. The molecule has 3 rings (SSSR count). The van der Waals surface area contributed by atoms with Gasteiger partial charge in [0.25, 0.3) is 5.79 Å². The van der Waals surface area contributed by atoms with E-state index in [1.54, 1.807) is 19.1 Å². The van der Waals surface area contributed by atoms with Gasteiger partial charge in [-0.15, -0.1) is 0 Å². The maximum Gasteiger partial charge on any atom is 0.407 e. The summed E-state index contributed by atoms with van der Waals surface area (Å²) in [5.74, 6) is -2.96. The minimum Gasteiger partial charge on any atom is -0.467 e. The molecule has 1 saturated heterocycles. The molecule has 0 aromatic heterocycles. The van der Waals surface area contributed by atoms with E-state index in [9.17, 15) is 19.2 Å². The summed E-state index contributed by atoms with van der Waals surface area (Å²) >= 11 is 0. The minimum atomic E-state index is -1.08. The van der Waals surface area contributed by atoms with Crippen LogP contribution in [-0.2, 0) is 46.2 Å². The molecule has 1 unspecified atom stereocenters. The van der Waals surface area contributed by atoms with Gasteiger partial charge in [-0.3, -0.25) is 0 Å². The highest BCUT2D eigenvalue weighted by Gasteiger charge is 2.47. The molecule has 0 radical (unpaired) electrons. The molecular weight excluding hydrogens is 418 g/mol. The molecule has 1 saturated carbocycles. The molecule has 1 aromatic carbocycles. The number of carbonyl (C=O) groups is 4. The predicted octanol–water partition coefficient (Wildman–Crippen LogP) is 2.36. The number of methoxy groups -OCH3 is 1. The van der Waals surface area contributed by atoms with Crippen LogP contribution in [0, 0.1) is 0 Å². The number of amides is 1. The zero-order valence-electron chi connectivity index (χ0n) is 18.2. The Kier molecular flexibility index (Phi) is 7.50. The highest BCUT2D eigenvalue weighted by molar-refractivity contribution is 6.15. The lowest BCUT2D eigenvalue weighted by Crippen LogP contribution is -2.44. The first-order valence-electron chi connectivity index (χ1n) is 10.6. The Balaban J connectivity index is 1.61. The van der Waals surface area contributed by atoms with E-state index >= 15 is 0 Å². The van der Waals surface area contributed by atoms with E-state index in [2.05, 4.69) is 5.32 Å². The molecule has 1 heterocycles. The highest BCUT2D eigenvalue weighted by Crippen LogP contribution is 2.38. The van der Waals surface area contributed by atoms with Crippen molar-refractivity contribution in [1.29, 1.82) is 0 Å². The average Bonchev–Trinajstić information content (AvgIpc) is 3.20. The summed E-state index contributed by atoms with van der Waals surface area (Å²) in [4.78, 5) is 48.3. The van der Waals surface area contributed by atoms with E-state index in [1.807, 2.05) is 12.1 Å². The van der Waals surface area contributed by atoms with Gasteiger partial charge in [0.1, 0.15) is 11.6 Å². The first kappa shape index (κ1) is 23.3. The van der Waals surface area contributed by atoms with E-state index in [0.29, 0.717) is 19.3 Å². The molecule has 1 aromatic rings. The number of benzene rings is 1. The predicted molar refractivity (Wildman–Crippen MR) is 111 cm³/mol. The van der Waals surface area contributed by atoms with Crippen LogP contribution in [0.2, 0.25) is 0 Å². The number of allylic oxidation sites excluding steroid dienone is 1. The molecule has 1 amide bonds. The number of carbonyl (C=O) groups excluding carboxylic acids is 4. The van der Waals surface area contributed by atoms with Crippen molar-refractivity contribution in [2.24, 2.45) is 0 Å². The maximum atomic E-state index is 12.3. The SMILES string of the molecule is CCOC(=O)NC(Cc1ccc(CC=C2C(=O)OC3(CCCC3)OC2=O)cc1)C(=O)OC. The van der Waals surface area contributed by atoms with Crippen LogP contribution in [0.4, 0.5) is 4.79 Å². The second kappa shape index (κ2) is 10.3. The van der Waals surface area contributed by atoms with Crippen LogP contribution in [0.3, 0.4) is 0 Å². The molecule has 172 valence electrons. The van der Waals surface area contributed by atoms with Crippen LogP contribution in [0.5, 0.6) is 0 Å². The van der Waals surface area contributed by atoms with Crippen molar-refractivity contribution in [2.75, 3.05) is 13.7 Å². The van der Waals surface area contributed by atoms with Gasteiger partial charge in [0.2, 0.25) is 0 Å². The largest absolute Gasteiger partial charge is 0.467 e. The van der Waals surface area contributed by atoms with Crippen LogP contribution in [-0.4, -0.2) is 49.5 Å². The minimum absolute atomic E-state index is 0.101. The number of rotatable bonds is 7. The monoisotopic (exact) mass is 445 g/mol. The Morgan fingerprint density at radius 2 is 1.69 bits per heavy atom. The third kappa shape index (κ3) is 5.66. The molecule has 1 N–H and O–H groups in total. The van der Waals surface area contributed by atoms with Gasteiger partial charge in [-0.1, -0.05) is 30.3 Å². The van der Waals surface area contributed by atoms with Gasteiger partial charge in [-0.2, -0.15) is 0 Å². The van der Waals surface area contributed by atoms with Crippen molar-refractivity contribution in [2.45, 2.75) is 57.3 Å². The summed E-state index contributed by atoms with van der Waals surface area (Å²) in [6.45, 7) is 1.85. The standard InChI is InChI=1S/C23H27NO8/c1-3-30-22(28)24-18(21(27)29-2)14-16-8-6-15(7-9-16)10-11-17-19(25)31-23(32-20(17)26)12-4-5-13-23/h6-9,11,18H,3-5,10,12-14H2,1-2H3,(H,24,28). The molecule has 2 aliphatic rings. The number of hydrogen-bond donors (Lipinski definition) is 1. The quantitative estimate of drug-likeness (QED) is 0.294. The van der Waals surface area contributed by atoms with Crippen LogP contribution >= 0.6 is 0 Å². The first-order valence-corrected chi connectivity index (χ1v) is 10.6. The summed E-state index contributed by atoms with van der Waals surface area (Å²) in [5, 5.41) is 2.48. The number of alkyl carbamates (subject to hydrolysis) is 1. The summed E-state index contributed by atoms with van der Waals surface area (Å²) in [7, 11) is 1.24. The van der Waals surface area contributed by atoms with Crippen molar-refractivity contribution in [1.82, 2.24) is 5.32 Å². The number of esters is 3. The van der Waals surface area contributed by atoms with Gasteiger partial charge in [0.15, 0.2) is 0 Å². The number of nitrogens with one attached hydrogen (secondary N) is 1. The lowest BCUT2D eigenvalue weighted by Gasteiger charge is -2.32. The zero-order valence-corrected chi connectivity index (χ0v) is 18.2. The van der Waals surface area contributed by atoms with Gasteiger partial charge in [-0.05, 0) is 37.3 Å². The van der Waals surface area contributed by atoms with Crippen LogP contribution in [0.15, 0.2) is 35.9 Å². The maximum absolute atomic E-state index is 12.3. The van der Waals surface area contributed by atoms with E-state index in [4.69, 9.17) is 18.9 Å². The van der Waals surface area contributed by atoms with Crippen molar-refractivity contribution in [3.63, 3.8) is 0 Å². The van der Waals surface area contributed by atoms with E-state index in [0.717, 1.165) is 24.0 Å². The van der Waals surface area contributed by atoms with Crippen molar-refractivity contribution >= 4 is 24.0 Å². The molecule has 1 atom stereocenters. The number of hydrogen-bond acceptors (Lipinski definition) is 8. The van der Waals surface area contributed by atoms with Gasteiger partial charge in [-0.25, -0.2) is 19.2 Å². The molecule has 2 fully saturated rings. The van der Waals surface area contributed by atoms with Crippen LogP contribution in [0.25, 0.3) is 0 Å². The molecule has 9 heteroatoms. The van der Waals surface area contributed by atoms with Crippen LogP contribution in [0.1, 0.15) is 43.7 Å². The van der Waals surface area contributed by atoms with Gasteiger partial charge < -0.3 is 24.3 Å². The molecule has 0 bridgehead atoms. The lowest BCUT2D eigenvalue weighted by molar-refractivity contribution is -0.232. The van der Waals surface area contributed by atoms with Crippen LogP contribution < -0.4 is 5.32 Å². The van der Waals surface area contributed by atoms with Gasteiger partial charge in [0.05, 0.1) is 13.7 Å².